The van der Waals surface area contributed by atoms with Gasteiger partial charge in [0.2, 0.25) is 0 Å². The zero-order valence-electron chi connectivity index (χ0n) is 10.9. The summed E-state index contributed by atoms with van der Waals surface area (Å²) >= 11 is 0. The van der Waals surface area contributed by atoms with E-state index in [2.05, 4.69) is 10.0 Å². The molecule has 2 unspecified atom stereocenters. The van der Waals surface area contributed by atoms with Crippen LogP contribution < -0.4 is 5.73 Å². The third-order valence-corrected chi connectivity index (χ3v) is 2.61. The van der Waals surface area contributed by atoms with Crippen molar-refractivity contribution < 1.29 is 19.7 Å². The molecule has 0 aliphatic rings. The summed E-state index contributed by atoms with van der Waals surface area (Å²) in [4.78, 5) is 14.1. The van der Waals surface area contributed by atoms with Gasteiger partial charge in [-0.2, -0.15) is 0 Å². The molecule has 8 nitrogen and oxygen atoms in total. The third-order valence-electron chi connectivity index (χ3n) is 2.61. The number of carbonyl (C=O) groups is 1. The SMILES string of the molecule is CCOC(=O)c1ccc(N)c(C(O)C(O)CN=[N+]=[N-])c1. The minimum Gasteiger partial charge on any atom is -0.462 e. The van der Waals surface area contributed by atoms with E-state index < -0.39 is 18.2 Å². The lowest BCUT2D eigenvalue weighted by atomic mass is 10.00. The summed E-state index contributed by atoms with van der Waals surface area (Å²) in [6.07, 6.45) is -2.68. The minimum absolute atomic E-state index is 0.177. The van der Waals surface area contributed by atoms with Crippen LogP contribution in [0, 0.1) is 0 Å². The number of azide groups is 1. The number of hydrogen-bond donors (Lipinski definition) is 3. The van der Waals surface area contributed by atoms with Gasteiger partial charge in [-0.15, -0.1) is 0 Å². The van der Waals surface area contributed by atoms with E-state index in [1.807, 2.05) is 0 Å². The van der Waals surface area contributed by atoms with E-state index in [0.717, 1.165) is 0 Å². The second-order valence-corrected chi connectivity index (χ2v) is 3.99. The van der Waals surface area contributed by atoms with Crippen molar-refractivity contribution in [1.29, 1.82) is 0 Å². The maximum Gasteiger partial charge on any atom is 0.338 e. The molecule has 0 amide bonds. The molecule has 2 atom stereocenters. The molecule has 4 N–H and O–H groups in total. The Labute approximate surface area is 115 Å². The number of aliphatic hydroxyl groups excluding tert-OH is 2. The summed E-state index contributed by atoms with van der Waals surface area (Å²) in [5, 5.41) is 22.8. The molecular formula is C12H16N4O4. The largest absolute Gasteiger partial charge is 0.462 e. The molecule has 0 heterocycles. The molecular weight excluding hydrogens is 264 g/mol. The smallest absolute Gasteiger partial charge is 0.338 e. The van der Waals surface area contributed by atoms with Gasteiger partial charge in [-0.1, -0.05) is 5.11 Å². The highest BCUT2D eigenvalue weighted by Crippen LogP contribution is 2.25. The Morgan fingerprint density at radius 3 is 2.85 bits per heavy atom. The highest BCUT2D eigenvalue weighted by Gasteiger charge is 2.21. The number of nitrogens with zero attached hydrogens (tertiary/aromatic N) is 3. The van der Waals surface area contributed by atoms with Crippen molar-refractivity contribution in [3.05, 3.63) is 39.8 Å². The third kappa shape index (κ3) is 3.86. The van der Waals surface area contributed by atoms with Gasteiger partial charge in [-0.05, 0) is 30.7 Å². The molecule has 1 rings (SSSR count). The van der Waals surface area contributed by atoms with E-state index in [-0.39, 0.29) is 30.0 Å². The predicted octanol–water partition coefficient (Wildman–Crippen LogP) is 1.15. The van der Waals surface area contributed by atoms with Crippen LogP contribution in [0.3, 0.4) is 0 Å². The summed E-state index contributed by atoms with van der Waals surface area (Å²) in [6, 6.07) is 4.24. The van der Waals surface area contributed by atoms with Crippen LogP contribution in [-0.4, -0.2) is 35.4 Å². The van der Waals surface area contributed by atoms with Gasteiger partial charge in [0, 0.05) is 16.2 Å². The van der Waals surface area contributed by atoms with Gasteiger partial charge in [0.15, 0.2) is 0 Å². The van der Waals surface area contributed by atoms with Crippen molar-refractivity contribution >= 4 is 11.7 Å². The zero-order valence-corrected chi connectivity index (χ0v) is 10.9. The highest BCUT2D eigenvalue weighted by molar-refractivity contribution is 5.90. The first-order chi connectivity index (χ1) is 9.51. The zero-order chi connectivity index (χ0) is 15.1. The molecule has 0 aromatic heterocycles. The van der Waals surface area contributed by atoms with E-state index >= 15 is 0 Å². The van der Waals surface area contributed by atoms with Crippen LogP contribution in [0.4, 0.5) is 5.69 Å². The Bertz CT molecular complexity index is 528. The number of ether oxygens (including phenoxy) is 1. The fraction of sp³-hybridized carbons (Fsp3) is 0.417. The quantitative estimate of drug-likeness (QED) is 0.235. The monoisotopic (exact) mass is 280 g/mol. The van der Waals surface area contributed by atoms with Crippen molar-refractivity contribution in [2.75, 3.05) is 18.9 Å². The Balaban J connectivity index is 3.01. The number of aliphatic hydroxyl groups is 2. The molecule has 0 aliphatic heterocycles. The number of benzene rings is 1. The summed E-state index contributed by atoms with van der Waals surface area (Å²) in [5.74, 6) is -0.550. The topological polar surface area (TPSA) is 142 Å². The molecule has 0 radical (unpaired) electrons. The van der Waals surface area contributed by atoms with Crippen molar-refractivity contribution in [3.63, 3.8) is 0 Å². The summed E-state index contributed by atoms with van der Waals surface area (Å²) in [5.41, 5.74) is 14.5. The molecule has 108 valence electrons. The number of esters is 1. The van der Waals surface area contributed by atoms with Crippen molar-refractivity contribution in [3.8, 4) is 0 Å². The number of nitrogen functional groups attached to an aromatic ring is 1. The van der Waals surface area contributed by atoms with E-state index in [0.29, 0.717) is 0 Å². The van der Waals surface area contributed by atoms with Crippen LogP contribution in [0.5, 0.6) is 0 Å². The Hall–Kier alpha value is -2.28. The van der Waals surface area contributed by atoms with Gasteiger partial charge in [-0.25, -0.2) is 4.79 Å². The Morgan fingerprint density at radius 2 is 2.25 bits per heavy atom. The molecule has 20 heavy (non-hydrogen) atoms. The van der Waals surface area contributed by atoms with Crippen LogP contribution in [0.15, 0.2) is 23.3 Å². The number of rotatable bonds is 6. The van der Waals surface area contributed by atoms with Gasteiger partial charge in [0.1, 0.15) is 6.10 Å². The molecule has 0 spiro atoms. The molecule has 8 heteroatoms. The van der Waals surface area contributed by atoms with E-state index in [4.69, 9.17) is 16.0 Å². The van der Waals surface area contributed by atoms with Crippen molar-refractivity contribution in [1.82, 2.24) is 0 Å². The standard InChI is InChI=1S/C12H16N4O4/c1-2-20-12(19)7-3-4-9(13)8(5-7)11(18)10(17)6-15-16-14/h3-5,10-11,17-18H,2,6,13H2,1H3. The molecule has 1 aromatic rings. The molecule has 0 aliphatic carbocycles. The lowest BCUT2D eigenvalue weighted by molar-refractivity contribution is 0.0247. The lowest BCUT2D eigenvalue weighted by Crippen LogP contribution is -2.22. The van der Waals surface area contributed by atoms with Crippen LogP contribution in [0.2, 0.25) is 0 Å². The van der Waals surface area contributed by atoms with Gasteiger partial charge in [-0.3, -0.25) is 0 Å². The highest BCUT2D eigenvalue weighted by atomic mass is 16.5. The summed E-state index contributed by atoms with van der Waals surface area (Å²) < 4.78 is 4.84. The second-order valence-electron chi connectivity index (χ2n) is 3.99. The van der Waals surface area contributed by atoms with E-state index in [9.17, 15) is 15.0 Å². The molecule has 0 bridgehead atoms. The number of hydrogen-bond acceptors (Lipinski definition) is 6. The van der Waals surface area contributed by atoms with E-state index in [1.54, 1.807) is 6.92 Å². The molecule has 0 saturated carbocycles. The number of nitrogens with two attached hydrogens (primary N) is 1. The predicted molar refractivity (Wildman–Crippen MR) is 71.8 cm³/mol. The van der Waals surface area contributed by atoms with Gasteiger partial charge in [0.05, 0.1) is 24.8 Å². The molecule has 0 saturated heterocycles. The van der Waals surface area contributed by atoms with Gasteiger partial charge in [0.25, 0.3) is 0 Å². The Morgan fingerprint density at radius 1 is 1.55 bits per heavy atom. The maximum atomic E-state index is 11.6. The normalized spacial score (nSPS) is 13.2. The van der Waals surface area contributed by atoms with Crippen molar-refractivity contribution in [2.24, 2.45) is 5.11 Å². The summed E-state index contributed by atoms with van der Waals surface area (Å²) in [7, 11) is 0. The van der Waals surface area contributed by atoms with Gasteiger partial charge < -0.3 is 20.7 Å². The Kier molecular flexibility index (Phi) is 5.79. The van der Waals surface area contributed by atoms with Crippen molar-refractivity contribution in [2.45, 2.75) is 19.1 Å². The van der Waals surface area contributed by atoms with E-state index in [1.165, 1.54) is 18.2 Å². The lowest BCUT2D eigenvalue weighted by Gasteiger charge is -2.18. The van der Waals surface area contributed by atoms with Crippen LogP contribution in [0.1, 0.15) is 28.9 Å². The first-order valence-corrected chi connectivity index (χ1v) is 5.94. The molecule has 1 aromatic carbocycles. The summed E-state index contributed by atoms with van der Waals surface area (Å²) in [6.45, 7) is 1.59. The van der Waals surface area contributed by atoms with Gasteiger partial charge >= 0.3 is 5.97 Å². The number of carbonyl (C=O) groups excluding carboxylic acids is 1. The second kappa shape index (κ2) is 7.34. The average molecular weight is 280 g/mol. The first-order valence-electron chi connectivity index (χ1n) is 5.94. The fourth-order valence-corrected chi connectivity index (χ4v) is 1.60. The first kappa shape index (κ1) is 15.8. The average Bonchev–Trinajstić information content (AvgIpc) is 2.44. The van der Waals surface area contributed by atoms with Crippen LogP contribution in [-0.2, 0) is 4.74 Å². The minimum atomic E-state index is -1.37. The fourth-order valence-electron chi connectivity index (χ4n) is 1.60. The van der Waals surface area contributed by atoms with Crippen LogP contribution >= 0.6 is 0 Å². The molecule has 0 fully saturated rings. The number of anilines is 1. The maximum absolute atomic E-state index is 11.6. The van der Waals surface area contributed by atoms with Crippen LogP contribution in [0.25, 0.3) is 10.4 Å².